The van der Waals surface area contributed by atoms with Gasteiger partial charge in [0.1, 0.15) is 0 Å². The quantitative estimate of drug-likeness (QED) is 0.871. The smallest absolute Gasteiger partial charge is 0.234 e. The molecule has 1 saturated heterocycles. The highest BCUT2D eigenvalue weighted by atomic mass is 35.5. The van der Waals surface area contributed by atoms with Crippen LogP contribution in [0, 0.1) is 0 Å². The Morgan fingerprint density at radius 2 is 1.80 bits per heavy atom. The van der Waals surface area contributed by atoms with E-state index < -0.39 is 5.41 Å². The molecule has 1 aromatic rings. The zero-order valence-electron chi connectivity index (χ0n) is 15.3. The van der Waals surface area contributed by atoms with Gasteiger partial charge in [-0.05, 0) is 44.9 Å². The standard InChI is InChI=1S/C19H28ClN3O2/c1-4-21-17(24)14-22-10-5-11-23(13-12-22)18(25)19(2,3)15-6-8-16(20)9-7-15/h6-9H,4-5,10-14H2,1-3H3,(H,21,24). The number of hydrogen-bond acceptors (Lipinski definition) is 3. The number of hydrogen-bond donors (Lipinski definition) is 1. The first kappa shape index (κ1) is 19.7. The SMILES string of the molecule is CCNC(=O)CN1CCCN(C(=O)C(C)(C)c2ccc(Cl)cc2)CC1. The highest BCUT2D eigenvalue weighted by Crippen LogP contribution is 2.27. The Bertz CT molecular complexity index is 601. The van der Waals surface area contributed by atoms with Gasteiger partial charge in [0.25, 0.3) is 0 Å². The van der Waals surface area contributed by atoms with Crippen molar-refractivity contribution in [3.8, 4) is 0 Å². The molecule has 1 aromatic carbocycles. The van der Waals surface area contributed by atoms with Gasteiger partial charge < -0.3 is 10.2 Å². The number of carbonyl (C=O) groups excluding carboxylic acids is 2. The molecule has 2 rings (SSSR count). The molecule has 0 saturated carbocycles. The molecule has 2 amide bonds. The van der Waals surface area contributed by atoms with Crippen LogP contribution in [0.2, 0.25) is 5.02 Å². The summed E-state index contributed by atoms with van der Waals surface area (Å²) in [5, 5.41) is 3.49. The number of carbonyl (C=O) groups is 2. The van der Waals surface area contributed by atoms with E-state index >= 15 is 0 Å². The average molecular weight is 366 g/mol. The third-order valence-corrected chi connectivity index (χ3v) is 4.97. The van der Waals surface area contributed by atoms with Crippen LogP contribution in [0.4, 0.5) is 0 Å². The van der Waals surface area contributed by atoms with Crippen LogP contribution in [0.1, 0.15) is 32.8 Å². The fraction of sp³-hybridized carbons (Fsp3) is 0.579. The van der Waals surface area contributed by atoms with Crippen molar-refractivity contribution in [2.75, 3.05) is 39.3 Å². The van der Waals surface area contributed by atoms with E-state index in [-0.39, 0.29) is 11.8 Å². The first-order valence-electron chi connectivity index (χ1n) is 8.89. The molecule has 0 radical (unpaired) electrons. The van der Waals surface area contributed by atoms with Crippen LogP contribution in [-0.4, -0.2) is 60.9 Å². The van der Waals surface area contributed by atoms with E-state index in [1.54, 1.807) is 0 Å². The zero-order valence-corrected chi connectivity index (χ0v) is 16.1. The monoisotopic (exact) mass is 365 g/mol. The topological polar surface area (TPSA) is 52.7 Å². The van der Waals surface area contributed by atoms with Gasteiger partial charge in [0.2, 0.25) is 11.8 Å². The van der Waals surface area contributed by atoms with Gasteiger partial charge >= 0.3 is 0 Å². The molecule has 0 spiro atoms. The number of benzene rings is 1. The van der Waals surface area contributed by atoms with Crippen molar-refractivity contribution in [1.82, 2.24) is 15.1 Å². The van der Waals surface area contributed by atoms with Gasteiger partial charge in [-0.3, -0.25) is 14.5 Å². The lowest BCUT2D eigenvalue weighted by atomic mass is 9.83. The normalized spacial score (nSPS) is 16.4. The summed E-state index contributed by atoms with van der Waals surface area (Å²) in [7, 11) is 0. The Labute approximate surface area is 155 Å². The molecule has 0 aliphatic carbocycles. The highest BCUT2D eigenvalue weighted by molar-refractivity contribution is 6.30. The van der Waals surface area contributed by atoms with Crippen LogP contribution < -0.4 is 5.32 Å². The Hall–Kier alpha value is -1.59. The van der Waals surface area contributed by atoms with Crippen molar-refractivity contribution < 1.29 is 9.59 Å². The Morgan fingerprint density at radius 3 is 2.44 bits per heavy atom. The van der Waals surface area contributed by atoms with Gasteiger partial charge in [-0.25, -0.2) is 0 Å². The predicted octanol–water partition coefficient (Wildman–Crippen LogP) is 2.29. The molecular formula is C19H28ClN3O2. The van der Waals surface area contributed by atoms with E-state index in [1.807, 2.05) is 49.9 Å². The van der Waals surface area contributed by atoms with E-state index in [4.69, 9.17) is 11.6 Å². The lowest BCUT2D eigenvalue weighted by Gasteiger charge is -2.31. The molecule has 0 aromatic heterocycles. The minimum absolute atomic E-state index is 0.0452. The fourth-order valence-electron chi connectivity index (χ4n) is 3.17. The van der Waals surface area contributed by atoms with E-state index in [0.29, 0.717) is 24.7 Å². The first-order chi connectivity index (χ1) is 11.8. The summed E-state index contributed by atoms with van der Waals surface area (Å²) in [5.74, 6) is 0.165. The molecule has 0 bridgehead atoms. The zero-order chi connectivity index (χ0) is 18.4. The second-order valence-electron chi connectivity index (χ2n) is 7.01. The third kappa shape index (κ3) is 5.19. The van der Waals surface area contributed by atoms with E-state index in [2.05, 4.69) is 10.2 Å². The van der Waals surface area contributed by atoms with E-state index in [0.717, 1.165) is 31.6 Å². The van der Waals surface area contributed by atoms with Gasteiger partial charge in [0.15, 0.2) is 0 Å². The van der Waals surface area contributed by atoms with Gasteiger partial charge in [-0.1, -0.05) is 23.7 Å². The molecular weight excluding hydrogens is 338 g/mol. The first-order valence-corrected chi connectivity index (χ1v) is 9.27. The van der Waals surface area contributed by atoms with Gasteiger partial charge in [0, 0.05) is 37.7 Å². The van der Waals surface area contributed by atoms with Crippen molar-refractivity contribution in [2.45, 2.75) is 32.6 Å². The molecule has 0 unspecified atom stereocenters. The summed E-state index contributed by atoms with van der Waals surface area (Å²) in [6, 6.07) is 7.48. The van der Waals surface area contributed by atoms with E-state index in [1.165, 1.54) is 0 Å². The van der Waals surface area contributed by atoms with Crippen LogP contribution in [0.15, 0.2) is 24.3 Å². The van der Waals surface area contributed by atoms with Crippen LogP contribution in [-0.2, 0) is 15.0 Å². The van der Waals surface area contributed by atoms with Crippen LogP contribution >= 0.6 is 11.6 Å². The minimum Gasteiger partial charge on any atom is -0.355 e. The molecule has 1 N–H and O–H groups in total. The highest BCUT2D eigenvalue weighted by Gasteiger charge is 2.34. The summed E-state index contributed by atoms with van der Waals surface area (Å²) in [5.41, 5.74) is 0.365. The number of rotatable bonds is 5. The summed E-state index contributed by atoms with van der Waals surface area (Å²) in [6.07, 6.45) is 0.877. The summed E-state index contributed by atoms with van der Waals surface area (Å²) < 4.78 is 0. The third-order valence-electron chi connectivity index (χ3n) is 4.72. The van der Waals surface area contributed by atoms with Crippen molar-refractivity contribution in [3.05, 3.63) is 34.9 Å². The van der Waals surface area contributed by atoms with Crippen LogP contribution in [0.25, 0.3) is 0 Å². The maximum absolute atomic E-state index is 13.1. The number of nitrogens with zero attached hydrogens (tertiary/aromatic N) is 2. The molecule has 6 heteroatoms. The molecule has 138 valence electrons. The minimum atomic E-state index is -0.598. The van der Waals surface area contributed by atoms with Crippen LogP contribution in [0.3, 0.4) is 0 Å². The fourth-order valence-corrected chi connectivity index (χ4v) is 3.30. The Balaban J connectivity index is 2.00. The average Bonchev–Trinajstić information content (AvgIpc) is 2.80. The second kappa shape index (κ2) is 8.68. The van der Waals surface area contributed by atoms with Crippen molar-refractivity contribution in [3.63, 3.8) is 0 Å². The summed E-state index contributed by atoms with van der Waals surface area (Å²) in [4.78, 5) is 28.9. The molecule has 5 nitrogen and oxygen atoms in total. The van der Waals surface area contributed by atoms with Gasteiger partial charge in [-0.15, -0.1) is 0 Å². The molecule has 1 aliphatic heterocycles. The van der Waals surface area contributed by atoms with Crippen molar-refractivity contribution >= 4 is 23.4 Å². The molecule has 25 heavy (non-hydrogen) atoms. The molecule has 0 atom stereocenters. The number of halogens is 1. The molecule has 1 fully saturated rings. The second-order valence-corrected chi connectivity index (χ2v) is 7.44. The largest absolute Gasteiger partial charge is 0.355 e. The molecule has 1 heterocycles. The Kier molecular flexibility index (Phi) is 6.85. The predicted molar refractivity (Wildman–Crippen MR) is 101 cm³/mol. The van der Waals surface area contributed by atoms with Crippen LogP contribution in [0.5, 0.6) is 0 Å². The molecule has 1 aliphatic rings. The summed E-state index contributed by atoms with van der Waals surface area (Å²) >= 11 is 5.96. The van der Waals surface area contributed by atoms with Gasteiger partial charge in [-0.2, -0.15) is 0 Å². The maximum Gasteiger partial charge on any atom is 0.234 e. The number of nitrogens with one attached hydrogen (secondary N) is 1. The summed E-state index contributed by atoms with van der Waals surface area (Å²) in [6.45, 7) is 9.80. The lowest BCUT2D eigenvalue weighted by Crippen LogP contribution is -2.45. The lowest BCUT2D eigenvalue weighted by molar-refractivity contribution is -0.136. The van der Waals surface area contributed by atoms with Gasteiger partial charge in [0.05, 0.1) is 12.0 Å². The van der Waals surface area contributed by atoms with E-state index in [9.17, 15) is 9.59 Å². The van der Waals surface area contributed by atoms with Crippen molar-refractivity contribution in [2.24, 2.45) is 0 Å². The Morgan fingerprint density at radius 1 is 1.12 bits per heavy atom. The van der Waals surface area contributed by atoms with Crippen molar-refractivity contribution in [1.29, 1.82) is 0 Å². The number of likely N-dealkylation sites (N-methyl/N-ethyl adjacent to an activating group) is 1. The number of amides is 2. The maximum atomic E-state index is 13.1.